The fourth-order valence-electron chi connectivity index (χ4n) is 1.82. The van der Waals surface area contributed by atoms with E-state index < -0.39 is 0 Å². The number of carbonyl (C=O) groups excluding carboxylic acids is 1. The summed E-state index contributed by atoms with van der Waals surface area (Å²) in [7, 11) is 1.63. The Bertz CT molecular complexity index is 371. The lowest BCUT2D eigenvalue weighted by molar-refractivity contribution is -0.131. The third-order valence-corrected chi connectivity index (χ3v) is 2.98. The monoisotopic (exact) mass is 265 g/mol. The molecule has 0 radical (unpaired) electrons. The molecule has 106 valence electrons. The normalized spacial score (nSPS) is 10.1. The molecular formula is C15H23NO3. The van der Waals surface area contributed by atoms with E-state index in [0.29, 0.717) is 13.0 Å². The Kier molecular flexibility index (Phi) is 6.79. The zero-order valence-corrected chi connectivity index (χ0v) is 12.0. The first-order chi connectivity index (χ1) is 9.21. The zero-order chi connectivity index (χ0) is 14.1. The van der Waals surface area contributed by atoms with Crippen LogP contribution >= 0.6 is 0 Å². The largest absolute Gasteiger partial charge is 0.497 e. The van der Waals surface area contributed by atoms with Crippen LogP contribution in [0.5, 0.6) is 11.5 Å². The number of nitrogens with zero attached hydrogens (tertiary/aromatic N) is 1. The molecule has 0 aliphatic heterocycles. The molecule has 0 heterocycles. The van der Waals surface area contributed by atoms with Gasteiger partial charge >= 0.3 is 0 Å². The third-order valence-electron chi connectivity index (χ3n) is 2.98. The minimum absolute atomic E-state index is 0.198. The molecule has 0 aliphatic carbocycles. The van der Waals surface area contributed by atoms with Crippen molar-refractivity contribution in [2.75, 3.05) is 26.8 Å². The Morgan fingerprint density at radius 2 is 1.68 bits per heavy atom. The van der Waals surface area contributed by atoms with Crippen molar-refractivity contribution in [1.29, 1.82) is 0 Å². The number of methoxy groups -OCH3 is 1. The van der Waals surface area contributed by atoms with Gasteiger partial charge < -0.3 is 14.4 Å². The van der Waals surface area contributed by atoms with Crippen LogP contribution in [0.3, 0.4) is 0 Å². The Morgan fingerprint density at radius 1 is 1.11 bits per heavy atom. The number of carbonyl (C=O) groups is 1. The number of hydrogen-bond acceptors (Lipinski definition) is 3. The van der Waals surface area contributed by atoms with Crippen molar-refractivity contribution < 1.29 is 14.3 Å². The van der Waals surface area contributed by atoms with Crippen LogP contribution in [0.2, 0.25) is 0 Å². The van der Waals surface area contributed by atoms with E-state index in [1.807, 2.05) is 43.0 Å². The maximum atomic E-state index is 11.8. The fourth-order valence-corrected chi connectivity index (χ4v) is 1.82. The molecule has 1 rings (SSSR count). The van der Waals surface area contributed by atoms with Crippen molar-refractivity contribution in [1.82, 2.24) is 4.90 Å². The highest BCUT2D eigenvalue weighted by Crippen LogP contribution is 2.17. The number of rotatable bonds is 8. The average molecular weight is 265 g/mol. The van der Waals surface area contributed by atoms with Crippen molar-refractivity contribution in [3.8, 4) is 11.5 Å². The lowest BCUT2D eigenvalue weighted by Crippen LogP contribution is -2.30. The topological polar surface area (TPSA) is 38.8 Å². The summed E-state index contributed by atoms with van der Waals surface area (Å²) in [6.45, 7) is 6.09. The second kappa shape index (κ2) is 8.40. The second-order valence-electron chi connectivity index (χ2n) is 4.19. The first-order valence-electron chi connectivity index (χ1n) is 6.75. The molecule has 0 saturated carbocycles. The van der Waals surface area contributed by atoms with Crippen LogP contribution in [0, 0.1) is 0 Å². The Balaban J connectivity index is 2.24. The minimum Gasteiger partial charge on any atom is -0.497 e. The quantitative estimate of drug-likeness (QED) is 0.678. The van der Waals surface area contributed by atoms with Gasteiger partial charge in [0.15, 0.2) is 0 Å². The van der Waals surface area contributed by atoms with Gasteiger partial charge in [0.2, 0.25) is 5.91 Å². The van der Waals surface area contributed by atoms with Crippen LogP contribution < -0.4 is 9.47 Å². The number of hydrogen-bond donors (Lipinski definition) is 0. The van der Waals surface area contributed by atoms with Crippen molar-refractivity contribution in [2.45, 2.75) is 26.7 Å². The number of ether oxygens (including phenoxy) is 2. The predicted molar refractivity (Wildman–Crippen MR) is 75.7 cm³/mol. The van der Waals surface area contributed by atoms with Crippen LogP contribution in [-0.2, 0) is 4.79 Å². The molecule has 0 bridgehead atoms. The molecule has 19 heavy (non-hydrogen) atoms. The van der Waals surface area contributed by atoms with Crippen LogP contribution in [0.25, 0.3) is 0 Å². The smallest absolute Gasteiger partial charge is 0.222 e. The summed E-state index contributed by atoms with van der Waals surface area (Å²) in [6.07, 6.45) is 1.28. The van der Waals surface area contributed by atoms with E-state index in [2.05, 4.69) is 0 Å². The summed E-state index contributed by atoms with van der Waals surface area (Å²) < 4.78 is 10.6. The molecule has 1 amide bonds. The highest BCUT2D eigenvalue weighted by molar-refractivity contribution is 5.76. The molecule has 0 spiro atoms. The first-order valence-corrected chi connectivity index (χ1v) is 6.75. The minimum atomic E-state index is 0.198. The van der Waals surface area contributed by atoms with Gasteiger partial charge in [0.1, 0.15) is 11.5 Å². The first kappa shape index (κ1) is 15.3. The van der Waals surface area contributed by atoms with Crippen LogP contribution in [0.1, 0.15) is 26.7 Å². The Hall–Kier alpha value is -1.71. The summed E-state index contributed by atoms with van der Waals surface area (Å²) >= 11 is 0. The molecule has 0 aromatic heterocycles. The van der Waals surface area contributed by atoms with Gasteiger partial charge in [-0.2, -0.15) is 0 Å². The van der Waals surface area contributed by atoms with Crippen molar-refractivity contribution >= 4 is 5.91 Å². The molecule has 0 atom stereocenters. The fraction of sp³-hybridized carbons (Fsp3) is 0.533. The lowest BCUT2D eigenvalue weighted by atomic mass is 10.3. The van der Waals surface area contributed by atoms with Crippen molar-refractivity contribution in [2.24, 2.45) is 0 Å². The zero-order valence-electron chi connectivity index (χ0n) is 12.0. The average Bonchev–Trinajstić information content (AvgIpc) is 2.45. The van der Waals surface area contributed by atoms with Gasteiger partial charge in [-0.25, -0.2) is 0 Å². The molecular weight excluding hydrogens is 242 g/mol. The van der Waals surface area contributed by atoms with E-state index in [9.17, 15) is 4.79 Å². The van der Waals surface area contributed by atoms with E-state index in [1.165, 1.54) is 0 Å². The van der Waals surface area contributed by atoms with Crippen molar-refractivity contribution in [3.63, 3.8) is 0 Å². The van der Waals surface area contributed by atoms with Crippen LogP contribution in [0.4, 0.5) is 0 Å². The predicted octanol–water partition coefficient (Wildman–Crippen LogP) is 2.72. The molecule has 0 fully saturated rings. The molecule has 0 aliphatic rings. The van der Waals surface area contributed by atoms with E-state index >= 15 is 0 Å². The van der Waals surface area contributed by atoms with Crippen LogP contribution in [-0.4, -0.2) is 37.6 Å². The SMILES string of the molecule is CCN(CC)C(=O)CCCOc1ccc(OC)cc1. The second-order valence-corrected chi connectivity index (χ2v) is 4.19. The van der Waals surface area contributed by atoms with E-state index in [1.54, 1.807) is 7.11 Å². The van der Waals surface area contributed by atoms with Gasteiger partial charge in [-0.3, -0.25) is 4.79 Å². The summed E-state index contributed by atoms with van der Waals surface area (Å²) in [5.74, 6) is 1.81. The van der Waals surface area contributed by atoms with Gasteiger partial charge in [-0.15, -0.1) is 0 Å². The van der Waals surface area contributed by atoms with Gasteiger partial charge in [0.25, 0.3) is 0 Å². The molecule has 0 N–H and O–H groups in total. The highest BCUT2D eigenvalue weighted by atomic mass is 16.5. The van der Waals surface area contributed by atoms with Gasteiger partial charge in [-0.1, -0.05) is 0 Å². The van der Waals surface area contributed by atoms with Crippen molar-refractivity contribution in [3.05, 3.63) is 24.3 Å². The maximum absolute atomic E-state index is 11.8. The van der Waals surface area contributed by atoms with E-state index in [4.69, 9.17) is 9.47 Å². The van der Waals surface area contributed by atoms with Gasteiger partial charge in [0.05, 0.1) is 13.7 Å². The molecule has 0 saturated heterocycles. The summed E-state index contributed by atoms with van der Waals surface area (Å²) in [6, 6.07) is 7.45. The summed E-state index contributed by atoms with van der Waals surface area (Å²) in [5, 5.41) is 0. The molecule has 1 aromatic rings. The number of benzene rings is 1. The lowest BCUT2D eigenvalue weighted by Gasteiger charge is -2.18. The van der Waals surface area contributed by atoms with E-state index in [0.717, 1.165) is 31.0 Å². The molecule has 0 unspecified atom stereocenters. The maximum Gasteiger partial charge on any atom is 0.222 e. The number of amides is 1. The van der Waals surface area contributed by atoms with Gasteiger partial charge in [-0.05, 0) is 44.5 Å². The molecule has 4 nitrogen and oxygen atoms in total. The third kappa shape index (κ3) is 5.20. The Morgan fingerprint density at radius 3 is 2.21 bits per heavy atom. The van der Waals surface area contributed by atoms with E-state index in [-0.39, 0.29) is 5.91 Å². The highest BCUT2D eigenvalue weighted by Gasteiger charge is 2.08. The standard InChI is InChI=1S/C15H23NO3/c1-4-16(5-2)15(17)7-6-12-19-14-10-8-13(18-3)9-11-14/h8-11H,4-7,12H2,1-3H3. The molecule has 4 heteroatoms. The molecule has 1 aromatic carbocycles. The summed E-state index contributed by atoms with van der Waals surface area (Å²) in [5.41, 5.74) is 0. The van der Waals surface area contributed by atoms with Gasteiger partial charge in [0, 0.05) is 19.5 Å². The summed E-state index contributed by atoms with van der Waals surface area (Å²) in [4.78, 5) is 13.6. The Labute approximate surface area is 115 Å². The van der Waals surface area contributed by atoms with Crippen LogP contribution in [0.15, 0.2) is 24.3 Å².